The van der Waals surface area contributed by atoms with Crippen LogP contribution in [0.1, 0.15) is 40.2 Å². The average molecular weight is 411 g/mol. The van der Waals surface area contributed by atoms with Crippen LogP contribution in [0, 0.1) is 6.92 Å². The summed E-state index contributed by atoms with van der Waals surface area (Å²) in [4.78, 5) is 26.3. The largest absolute Gasteiger partial charge is 0.322 e. The molecule has 6 heteroatoms. The number of hydrogen-bond acceptors (Lipinski definition) is 3. The molecule has 0 spiro atoms. The van der Waals surface area contributed by atoms with Gasteiger partial charge in [0, 0.05) is 10.4 Å². The third kappa shape index (κ3) is 3.89. The molecular weight excluding hydrogens is 380 g/mol. The molecule has 29 heavy (non-hydrogen) atoms. The second-order valence-corrected chi connectivity index (χ2v) is 9.77. The second-order valence-electron chi connectivity index (χ2n) is 8.68. The van der Waals surface area contributed by atoms with Gasteiger partial charge in [-0.25, -0.2) is 4.98 Å². The molecule has 0 atom stereocenters. The molecule has 0 bridgehead atoms. The Hall–Kier alpha value is -2.02. The zero-order chi connectivity index (χ0) is 19.8. The Morgan fingerprint density at radius 2 is 1.76 bits per heavy atom. The van der Waals surface area contributed by atoms with E-state index in [1.165, 1.54) is 52.4 Å². The number of aromatic nitrogens is 2. The molecule has 0 saturated carbocycles. The molecule has 3 heterocycles. The van der Waals surface area contributed by atoms with Crippen molar-refractivity contribution in [3.8, 4) is 0 Å². The summed E-state index contributed by atoms with van der Waals surface area (Å²) in [7, 11) is 0. The summed E-state index contributed by atoms with van der Waals surface area (Å²) < 4.78 is 0. The van der Waals surface area contributed by atoms with Crippen molar-refractivity contribution in [3.05, 3.63) is 62.0 Å². The zero-order valence-electron chi connectivity index (χ0n) is 17.1. The van der Waals surface area contributed by atoms with E-state index in [1.807, 2.05) is 0 Å². The number of fused-ring (bicyclic) bond motifs is 3. The first-order chi connectivity index (χ1) is 14.2. The first-order valence-corrected chi connectivity index (χ1v) is 11.7. The van der Waals surface area contributed by atoms with Crippen molar-refractivity contribution < 1.29 is 9.80 Å². The van der Waals surface area contributed by atoms with Gasteiger partial charge in [-0.2, -0.15) is 0 Å². The summed E-state index contributed by atoms with van der Waals surface area (Å²) in [6.45, 7) is 8.74. The van der Waals surface area contributed by atoms with E-state index in [2.05, 4.69) is 36.2 Å². The highest BCUT2D eigenvalue weighted by Gasteiger charge is 2.25. The third-order valence-electron chi connectivity index (χ3n) is 6.66. The van der Waals surface area contributed by atoms with Gasteiger partial charge in [-0.05, 0) is 43.7 Å². The Labute approximate surface area is 175 Å². The third-order valence-corrected chi connectivity index (χ3v) is 7.84. The van der Waals surface area contributed by atoms with E-state index >= 15 is 0 Å². The molecule has 5 rings (SSSR count). The van der Waals surface area contributed by atoms with E-state index in [1.54, 1.807) is 16.2 Å². The van der Waals surface area contributed by atoms with Crippen molar-refractivity contribution in [2.24, 2.45) is 0 Å². The summed E-state index contributed by atoms with van der Waals surface area (Å²) in [5, 5.41) is 0.871. The molecule has 1 aliphatic heterocycles. The summed E-state index contributed by atoms with van der Waals surface area (Å²) in [5.41, 5.74) is 4.21. The van der Waals surface area contributed by atoms with Crippen LogP contribution >= 0.6 is 11.3 Å². The lowest BCUT2D eigenvalue weighted by molar-refractivity contribution is -1.02. The van der Waals surface area contributed by atoms with Crippen LogP contribution in [0.4, 0.5) is 0 Å². The van der Waals surface area contributed by atoms with E-state index < -0.39 is 0 Å². The Morgan fingerprint density at radius 1 is 1.03 bits per heavy atom. The fourth-order valence-electron chi connectivity index (χ4n) is 4.92. The van der Waals surface area contributed by atoms with Crippen molar-refractivity contribution >= 4 is 21.6 Å². The molecule has 5 nitrogen and oxygen atoms in total. The molecule has 2 aromatic heterocycles. The standard InChI is InChI=1S/C23H28N4OS/c1-16-6-2-3-7-17(16)14-26-10-12-27(13-11-26)15-20-24-22(28)21-18-8-4-5-9-19(18)29-23(21)25-20/h2-3,6-7H,4-5,8-15H2,1H3,(H,24,25,28)/p+2. The highest BCUT2D eigenvalue weighted by molar-refractivity contribution is 7.18. The van der Waals surface area contributed by atoms with E-state index in [-0.39, 0.29) is 5.56 Å². The minimum Gasteiger partial charge on any atom is -0.322 e. The maximum atomic E-state index is 12.8. The number of nitrogens with zero attached hydrogens (tertiary/aromatic N) is 1. The smallest absolute Gasteiger partial charge is 0.260 e. The second kappa shape index (κ2) is 8.01. The van der Waals surface area contributed by atoms with Crippen LogP contribution in [0.25, 0.3) is 10.2 Å². The lowest BCUT2D eigenvalue weighted by atomic mass is 9.97. The van der Waals surface area contributed by atoms with Gasteiger partial charge in [0.25, 0.3) is 5.56 Å². The normalized spacial score (nSPS) is 22.0. The topological polar surface area (TPSA) is 54.6 Å². The molecule has 3 aromatic rings. The number of hydrogen-bond donors (Lipinski definition) is 3. The minimum absolute atomic E-state index is 0.0765. The van der Waals surface area contributed by atoms with Crippen LogP contribution < -0.4 is 15.4 Å². The number of aryl methyl sites for hydroxylation is 3. The summed E-state index contributed by atoms with van der Waals surface area (Å²) >= 11 is 1.75. The molecule has 2 aliphatic rings. The van der Waals surface area contributed by atoms with Gasteiger partial charge < -0.3 is 14.8 Å². The van der Waals surface area contributed by atoms with Crippen LogP contribution in [-0.2, 0) is 25.9 Å². The summed E-state index contributed by atoms with van der Waals surface area (Å²) in [5.74, 6) is 0.860. The predicted molar refractivity (Wildman–Crippen MR) is 117 cm³/mol. The Bertz CT molecular complexity index is 1080. The van der Waals surface area contributed by atoms with Crippen LogP contribution in [0.5, 0.6) is 0 Å². The molecule has 0 radical (unpaired) electrons. The summed E-state index contributed by atoms with van der Waals surface area (Å²) in [6.07, 6.45) is 4.58. The van der Waals surface area contributed by atoms with Gasteiger partial charge >= 0.3 is 0 Å². The number of nitrogens with one attached hydrogen (secondary N) is 3. The first kappa shape index (κ1) is 19.0. The van der Waals surface area contributed by atoms with Crippen molar-refractivity contribution in [2.45, 2.75) is 45.7 Å². The van der Waals surface area contributed by atoms with Gasteiger partial charge in [0.15, 0.2) is 5.82 Å². The van der Waals surface area contributed by atoms with E-state index in [9.17, 15) is 4.79 Å². The summed E-state index contributed by atoms with van der Waals surface area (Å²) in [6, 6.07) is 8.72. The van der Waals surface area contributed by atoms with Crippen LogP contribution in [0.3, 0.4) is 0 Å². The van der Waals surface area contributed by atoms with Gasteiger partial charge in [0.2, 0.25) is 0 Å². The maximum Gasteiger partial charge on any atom is 0.260 e. The Morgan fingerprint density at radius 3 is 2.55 bits per heavy atom. The highest BCUT2D eigenvalue weighted by Crippen LogP contribution is 2.33. The monoisotopic (exact) mass is 410 g/mol. The van der Waals surface area contributed by atoms with Crippen molar-refractivity contribution in [3.63, 3.8) is 0 Å². The number of piperazine rings is 1. The van der Waals surface area contributed by atoms with E-state index in [0.29, 0.717) is 0 Å². The Balaban J connectivity index is 1.25. The van der Waals surface area contributed by atoms with Crippen molar-refractivity contribution in [1.29, 1.82) is 0 Å². The van der Waals surface area contributed by atoms with Crippen LogP contribution in [-0.4, -0.2) is 36.1 Å². The quantitative estimate of drug-likeness (QED) is 0.592. The fraction of sp³-hybridized carbons (Fsp3) is 0.478. The molecule has 1 aromatic carbocycles. The van der Waals surface area contributed by atoms with Crippen LogP contribution in [0.2, 0.25) is 0 Å². The number of benzene rings is 1. The molecule has 1 fully saturated rings. The SMILES string of the molecule is Cc1ccccc1C[NH+]1CC[NH+](Cc2nc3sc4c(c3c(=O)[nH]2)CCCC4)CC1. The Kier molecular flexibility index (Phi) is 5.24. The van der Waals surface area contributed by atoms with Crippen LogP contribution in [0.15, 0.2) is 29.1 Å². The molecule has 1 aliphatic carbocycles. The van der Waals surface area contributed by atoms with Gasteiger partial charge in [0.1, 0.15) is 44.1 Å². The fourth-order valence-corrected chi connectivity index (χ4v) is 6.20. The minimum atomic E-state index is 0.0765. The van der Waals surface area contributed by atoms with E-state index in [4.69, 9.17) is 4.98 Å². The first-order valence-electron chi connectivity index (χ1n) is 10.9. The molecule has 1 saturated heterocycles. The lowest BCUT2D eigenvalue weighted by Gasteiger charge is -2.29. The van der Waals surface area contributed by atoms with Gasteiger partial charge in [0.05, 0.1) is 5.39 Å². The van der Waals surface area contributed by atoms with Gasteiger partial charge in [-0.1, -0.05) is 24.3 Å². The molecule has 0 unspecified atom stereocenters. The predicted octanol–water partition coefficient (Wildman–Crippen LogP) is 0.655. The highest BCUT2D eigenvalue weighted by atomic mass is 32.1. The molecule has 0 amide bonds. The zero-order valence-corrected chi connectivity index (χ0v) is 18.0. The van der Waals surface area contributed by atoms with Crippen molar-refractivity contribution in [1.82, 2.24) is 9.97 Å². The van der Waals surface area contributed by atoms with Gasteiger partial charge in [-0.3, -0.25) is 4.79 Å². The number of H-pyrrole nitrogens is 1. The number of thiophene rings is 1. The van der Waals surface area contributed by atoms with Crippen molar-refractivity contribution in [2.75, 3.05) is 26.2 Å². The molecule has 152 valence electrons. The number of rotatable bonds is 4. The molecular formula is C23H30N4OS+2. The average Bonchev–Trinajstić information content (AvgIpc) is 3.10. The van der Waals surface area contributed by atoms with E-state index in [0.717, 1.165) is 55.1 Å². The number of quaternary nitrogens is 2. The maximum absolute atomic E-state index is 12.8. The molecule has 3 N–H and O–H groups in total. The van der Waals surface area contributed by atoms with Gasteiger partial charge in [-0.15, -0.1) is 11.3 Å². The lowest BCUT2D eigenvalue weighted by Crippen LogP contribution is -3.27. The number of aromatic amines is 1.